The fourth-order valence-corrected chi connectivity index (χ4v) is 3.81. The van der Waals surface area contributed by atoms with Gasteiger partial charge < -0.3 is 15.0 Å². The van der Waals surface area contributed by atoms with E-state index in [1.165, 1.54) is 0 Å². The molecular formula is C19H22N4O3. The fourth-order valence-electron chi connectivity index (χ4n) is 3.81. The second-order valence-corrected chi connectivity index (χ2v) is 6.70. The van der Waals surface area contributed by atoms with Crippen molar-refractivity contribution in [1.29, 1.82) is 0 Å². The molecule has 4 rings (SSSR count). The number of carbonyl (C=O) groups is 2. The number of ether oxygens (including phenoxy) is 1. The number of hydrogen-bond acceptors (Lipinski definition) is 4. The highest BCUT2D eigenvalue weighted by Gasteiger charge is 2.40. The van der Waals surface area contributed by atoms with Crippen LogP contribution in [0.25, 0.3) is 5.69 Å². The lowest BCUT2D eigenvalue weighted by Gasteiger charge is -2.33. The van der Waals surface area contributed by atoms with Gasteiger partial charge in [-0.15, -0.1) is 0 Å². The van der Waals surface area contributed by atoms with Gasteiger partial charge in [-0.25, -0.2) is 4.68 Å². The Balaban J connectivity index is 1.60. The number of nitrogens with one attached hydrogen (secondary N) is 1. The third kappa shape index (κ3) is 2.83. The van der Waals surface area contributed by atoms with Crippen LogP contribution in [0.1, 0.15) is 23.7 Å². The van der Waals surface area contributed by atoms with Crippen LogP contribution in [-0.2, 0) is 4.79 Å². The molecule has 2 atom stereocenters. The summed E-state index contributed by atoms with van der Waals surface area (Å²) in [5.74, 6) is 0.728. The van der Waals surface area contributed by atoms with E-state index in [0.717, 1.165) is 5.69 Å². The van der Waals surface area contributed by atoms with Crippen LogP contribution in [0.3, 0.4) is 0 Å². The summed E-state index contributed by atoms with van der Waals surface area (Å²) in [4.78, 5) is 26.7. The maximum Gasteiger partial charge on any atom is 0.261 e. The second kappa shape index (κ2) is 6.82. The smallest absolute Gasteiger partial charge is 0.261 e. The van der Waals surface area contributed by atoms with Crippen molar-refractivity contribution < 1.29 is 14.3 Å². The molecule has 0 unspecified atom stereocenters. The van der Waals surface area contributed by atoms with E-state index in [2.05, 4.69) is 10.4 Å². The summed E-state index contributed by atoms with van der Waals surface area (Å²) in [7, 11) is 0. The van der Waals surface area contributed by atoms with Crippen molar-refractivity contribution >= 4 is 11.8 Å². The number of fused-ring (bicyclic) bond motifs is 1. The zero-order valence-corrected chi connectivity index (χ0v) is 14.7. The van der Waals surface area contributed by atoms with E-state index >= 15 is 0 Å². The largest absolute Gasteiger partial charge is 0.477 e. The van der Waals surface area contributed by atoms with E-state index in [1.807, 2.05) is 42.2 Å². The van der Waals surface area contributed by atoms with Gasteiger partial charge in [-0.05, 0) is 25.5 Å². The Bertz CT molecular complexity index is 817. The minimum Gasteiger partial charge on any atom is -0.477 e. The van der Waals surface area contributed by atoms with Crippen LogP contribution in [0.4, 0.5) is 0 Å². The number of nitrogens with zero attached hydrogens (tertiary/aromatic N) is 3. The predicted octanol–water partition coefficient (Wildman–Crippen LogP) is 1.48. The van der Waals surface area contributed by atoms with Gasteiger partial charge in [0.2, 0.25) is 11.8 Å². The molecule has 2 aromatic rings. The van der Waals surface area contributed by atoms with Gasteiger partial charge in [0.15, 0.2) is 0 Å². The van der Waals surface area contributed by atoms with Gasteiger partial charge >= 0.3 is 0 Å². The SMILES string of the molecule is CCOc1c(C(=O)N2CC[C@H]3C(=O)NC[C@H]3C2)cnn1-c1ccccc1. The molecule has 0 bridgehead atoms. The Morgan fingerprint density at radius 2 is 2.15 bits per heavy atom. The van der Waals surface area contributed by atoms with Crippen LogP contribution in [0.5, 0.6) is 5.88 Å². The Labute approximate surface area is 151 Å². The van der Waals surface area contributed by atoms with E-state index in [0.29, 0.717) is 44.1 Å². The maximum atomic E-state index is 13.1. The van der Waals surface area contributed by atoms with Gasteiger partial charge in [0.1, 0.15) is 5.56 Å². The van der Waals surface area contributed by atoms with Crippen molar-refractivity contribution in [1.82, 2.24) is 20.0 Å². The van der Waals surface area contributed by atoms with E-state index < -0.39 is 0 Å². The lowest BCUT2D eigenvalue weighted by molar-refractivity contribution is -0.123. The van der Waals surface area contributed by atoms with Crippen LogP contribution in [-0.4, -0.2) is 52.7 Å². The molecule has 0 aliphatic carbocycles. The average molecular weight is 354 g/mol. The number of aromatic nitrogens is 2. The van der Waals surface area contributed by atoms with Crippen molar-refractivity contribution in [3.05, 3.63) is 42.1 Å². The third-order valence-corrected chi connectivity index (χ3v) is 5.13. The number of likely N-dealkylation sites (tertiary alicyclic amines) is 1. The Hall–Kier alpha value is -2.83. The predicted molar refractivity (Wildman–Crippen MR) is 95.2 cm³/mol. The van der Waals surface area contributed by atoms with E-state index in [-0.39, 0.29) is 23.7 Å². The summed E-state index contributed by atoms with van der Waals surface area (Å²) < 4.78 is 7.42. The molecule has 3 heterocycles. The Kier molecular flexibility index (Phi) is 4.36. The van der Waals surface area contributed by atoms with Gasteiger partial charge in [0, 0.05) is 31.5 Å². The van der Waals surface area contributed by atoms with Crippen LogP contribution < -0.4 is 10.1 Å². The molecule has 7 nitrogen and oxygen atoms in total. The molecule has 1 N–H and O–H groups in total. The van der Waals surface area contributed by atoms with Crippen LogP contribution in [0.15, 0.2) is 36.5 Å². The molecule has 2 amide bonds. The zero-order valence-electron chi connectivity index (χ0n) is 14.7. The number of carbonyl (C=O) groups excluding carboxylic acids is 2. The van der Waals surface area contributed by atoms with Gasteiger partial charge in [0.25, 0.3) is 5.91 Å². The fraction of sp³-hybridized carbons (Fsp3) is 0.421. The van der Waals surface area contributed by atoms with E-state index in [4.69, 9.17) is 4.74 Å². The summed E-state index contributed by atoms with van der Waals surface area (Å²) in [6, 6.07) is 9.61. The number of benzene rings is 1. The summed E-state index contributed by atoms with van der Waals surface area (Å²) >= 11 is 0. The first-order valence-electron chi connectivity index (χ1n) is 9.02. The molecular weight excluding hydrogens is 332 g/mol. The molecule has 7 heteroatoms. The van der Waals surface area contributed by atoms with Gasteiger partial charge in [-0.1, -0.05) is 18.2 Å². The summed E-state index contributed by atoms with van der Waals surface area (Å²) in [5.41, 5.74) is 1.31. The Morgan fingerprint density at radius 3 is 2.92 bits per heavy atom. The average Bonchev–Trinajstić information content (AvgIpc) is 3.26. The van der Waals surface area contributed by atoms with Gasteiger partial charge in [-0.3, -0.25) is 9.59 Å². The van der Waals surface area contributed by atoms with Crippen molar-refractivity contribution in [3.8, 4) is 11.6 Å². The second-order valence-electron chi connectivity index (χ2n) is 6.70. The topological polar surface area (TPSA) is 76.5 Å². The highest BCUT2D eigenvalue weighted by molar-refractivity contribution is 5.96. The van der Waals surface area contributed by atoms with Crippen LogP contribution >= 0.6 is 0 Å². The quantitative estimate of drug-likeness (QED) is 0.902. The van der Waals surface area contributed by atoms with Gasteiger partial charge in [-0.2, -0.15) is 5.10 Å². The first kappa shape index (κ1) is 16.6. The van der Waals surface area contributed by atoms with Crippen molar-refractivity contribution in [2.45, 2.75) is 13.3 Å². The molecule has 2 aliphatic heterocycles. The molecule has 2 aliphatic rings. The maximum absolute atomic E-state index is 13.1. The monoisotopic (exact) mass is 354 g/mol. The Morgan fingerprint density at radius 1 is 1.35 bits per heavy atom. The normalized spacial score (nSPS) is 22.0. The van der Waals surface area contributed by atoms with Gasteiger partial charge in [0.05, 0.1) is 18.5 Å². The zero-order chi connectivity index (χ0) is 18.1. The molecule has 2 saturated heterocycles. The summed E-state index contributed by atoms with van der Waals surface area (Å²) in [6.07, 6.45) is 2.28. The lowest BCUT2D eigenvalue weighted by atomic mass is 9.88. The third-order valence-electron chi connectivity index (χ3n) is 5.13. The summed E-state index contributed by atoms with van der Waals surface area (Å²) in [5, 5.41) is 7.28. The standard InChI is InChI=1S/C19H22N4O3/c1-2-26-19-16(11-21-23(19)14-6-4-3-5-7-14)18(25)22-9-8-15-13(12-22)10-20-17(15)24/h3-7,11,13,15H,2,8-10,12H2,1H3,(H,20,24)/t13-,15+/m0/s1. The molecule has 26 heavy (non-hydrogen) atoms. The number of para-hydroxylation sites is 1. The number of piperidine rings is 1. The molecule has 0 spiro atoms. The van der Waals surface area contributed by atoms with Crippen molar-refractivity contribution in [2.24, 2.45) is 11.8 Å². The van der Waals surface area contributed by atoms with E-state index in [9.17, 15) is 9.59 Å². The number of rotatable bonds is 4. The molecule has 0 saturated carbocycles. The highest BCUT2D eigenvalue weighted by atomic mass is 16.5. The van der Waals surface area contributed by atoms with Crippen LogP contribution in [0.2, 0.25) is 0 Å². The molecule has 2 fully saturated rings. The number of amides is 2. The molecule has 0 radical (unpaired) electrons. The first-order valence-corrected chi connectivity index (χ1v) is 9.02. The van der Waals surface area contributed by atoms with Crippen molar-refractivity contribution in [3.63, 3.8) is 0 Å². The molecule has 1 aromatic carbocycles. The summed E-state index contributed by atoms with van der Waals surface area (Å²) in [6.45, 7) is 4.15. The van der Waals surface area contributed by atoms with Crippen LogP contribution in [0, 0.1) is 11.8 Å². The minimum atomic E-state index is -0.0894. The molecule has 136 valence electrons. The van der Waals surface area contributed by atoms with Crippen molar-refractivity contribution in [2.75, 3.05) is 26.2 Å². The highest BCUT2D eigenvalue weighted by Crippen LogP contribution is 2.30. The van der Waals surface area contributed by atoms with E-state index in [1.54, 1.807) is 10.9 Å². The number of hydrogen-bond donors (Lipinski definition) is 1. The first-order chi connectivity index (χ1) is 12.7. The minimum absolute atomic E-state index is 0.0393. The lowest BCUT2D eigenvalue weighted by Crippen LogP contribution is -2.44. The molecule has 1 aromatic heterocycles.